The number of carboxylic acids is 2. The average molecular weight is 390 g/mol. The van der Waals surface area contributed by atoms with Crippen molar-refractivity contribution in [3.8, 4) is 11.1 Å². The summed E-state index contributed by atoms with van der Waals surface area (Å²) in [7, 11) is 0. The molecule has 0 fully saturated rings. The summed E-state index contributed by atoms with van der Waals surface area (Å²) in [6, 6.07) is 14.4. The molecular formula is C20H20ClNO5. The zero-order chi connectivity index (χ0) is 19.8. The Kier molecular flexibility index (Phi) is 7.37. The van der Waals surface area contributed by atoms with E-state index in [1.807, 2.05) is 36.4 Å². The van der Waals surface area contributed by atoms with Gasteiger partial charge in [-0.05, 0) is 35.2 Å². The Hall–Kier alpha value is -2.86. The predicted molar refractivity (Wildman–Crippen MR) is 102 cm³/mol. The van der Waals surface area contributed by atoms with E-state index in [1.54, 1.807) is 12.1 Å². The zero-order valence-corrected chi connectivity index (χ0v) is 15.3. The number of hydrogen-bond acceptors (Lipinski definition) is 3. The molecule has 0 aromatic heterocycles. The summed E-state index contributed by atoms with van der Waals surface area (Å²) in [6.45, 7) is 0. The number of carboxylic acid groups (broad SMARTS) is 2. The molecule has 0 radical (unpaired) electrons. The molecule has 0 heterocycles. The van der Waals surface area contributed by atoms with Crippen molar-refractivity contribution in [3.05, 3.63) is 59.1 Å². The van der Waals surface area contributed by atoms with E-state index in [0.717, 1.165) is 16.7 Å². The van der Waals surface area contributed by atoms with Gasteiger partial charge in [0, 0.05) is 17.5 Å². The number of benzene rings is 2. The molecule has 0 unspecified atom stereocenters. The fourth-order valence-corrected chi connectivity index (χ4v) is 2.79. The van der Waals surface area contributed by atoms with Crippen molar-refractivity contribution in [1.82, 2.24) is 5.32 Å². The highest BCUT2D eigenvalue weighted by atomic mass is 35.5. The maximum absolute atomic E-state index is 11.8. The molecule has 3 N–H and O–H groups in total. The van der Waals surface area contributed by atoms with Gasteiger partial charge in [-0.3, -0.25) is 14.4 Å². The number of amides is 1. The van der Waals surface area contributed by atoms with Gasteiger partial charge >= 0.3 is 11.9 Å². The summed E-state index contributed by atoms with van der Waals surface area (Å²) in [6.07, 6.45) is -0.369. The van der Waals surface area contributed by atoms with Gasteiger partial charge in [0.1, 0.15) is 0 Å². The average Bonchev–Trinajstić information content (AvgIpc) is 2.61. The van der Waals surface area contributed by atoms with Crippen LogP contribution < -0.4 is 5.32 Å². The molecule has 2 aromatic carbocycles. The lowest BCUT2D eigenvalue weighted by atomic mass is 9.99. The van der Waals surface area contributed by atoms with Crippen LogP contribution in [0.15, 0.2) is 48.5 Å². The Balaban J connectivity index is 2.03. The molecule has 0 bridgehead atoms. The van der Waals surface area contributed by atoms with Crippen LogP contribution in [-0.4, -0.2) is 34.1 Å². The molecule has 2 rings (SSSR count). The lowest BCUT2D eigenvalue weighted by Gasteiger charge is -2.17. The maximum atomic E-state index is 11.8. The SMILES string of the molecule is O=C(O)CCC(=O)N[C@@H](CC(=O)O)Cc1ccc(-c2ccc(Cl)cc2)cc1. The van der Waals surface area contributed by atoms with Crippen LogP contribution in [0, 0.1) is 0 Å². The van der Waals surface area contributed by atoms with Crippen molar-refractivity contribution >= 4 is 29.4 Å². The van der Waals surface area contributed by atoms with Crippen molar-refractivity contribution in [2.45, 2.75) is 31.7 Å². The fourth-order valence-electron chi connectivity index (χ4n) is 2.67. The first kappa shape index (κ1) is 20.5. The third-order valence-electron chi connectivity index (χ3n) is 3.97. The molecule has 6 nitrogen and oxygen atoms in total. The molecule has 27 heavy (non-hydrogen) atoms. The van der Waals surface area contributed by atoms with Crippen LogP contribution in [0.1, 0.15) is 24.8 Å². The van der Waals surface area contributed by atoms with Gasteiger partial charge in [-0.2, -0.15) is 0 Å². The Morgan fingerprint density at radius 3 is 1.93 bits per heavy atom. The smallest absolute Gasteiger partial charge is 0.305 e. The molecule has 0 spiro atoms. The summed E-state index contributed by atoms with van der Waals surface area (Å²) < 4.78 is 0. The van der Waals surface area contributed by atoms with Gasteiger partial charge in [0.25, 0.3) is 0 Å². The minimum absolute atomic E-state index is 0.180. The van der Waals surface area contributed by atoms with E-state index >= 15 is 0 Å². The first-order chi connectivity index (χ1) is 12.8. The number of halogens is 1. The fraction of sp³-hybridized carbons (Fsp3) is 0.250. The van der Waals surface area contributed by atoms with Crippen LogP contribution in [0.4, 0.5) is 0 Å². The molecule has 0 aliphatic heterocycles. The Bertz CT molecular complexity index is 802. The quantitative estimate of drug-likeness (QED) is 0.610. The molecule has 1 atom stereocenters. The molecule has 1 amide bonds. The molecule has 0 saturated heterocycles. The number of hydrogen-bond donors (Lipinski definition) is 3. The topological polar surface area (TPSA) is 104 Å². The van der Waals surface area contributed by atoms with Gasteiger partial charge in [-0.15, -0.1) is 0 Å². The third-order valence-corrected chi connectivity index (χ3v) is 4.22. The number of nitrogens with one attached hydrogen (secondary N) is 1. The van der Waals surface area contributed by atoms with Gasteiger partial charge in [0.15, 0.2) is 0 Å². The summed E-state index contributed by atoms with van der Waals surface area (Å²) in [5.74, 6) is -2.57. The van der Waals surface area contributed by atoms with Gasteiger partial charge in [-0.25, -0.2) is 0 Å². The Labute approximate surface area is 161 Å². The molecule has 2 aromatic rings. The van der Waals surface area contributed by atoms with Crippen LogP contribution >= 0.6 is 11.6 Å². The molecule has 142 valence electrons. The molecule has 7 heteroatoms. The van der Waals surface area contributed by atoms with Crippen LogP contribution in [0.3, 0.4) is 0 Å². The monoisotopic (exact) mass is 389 g/mol. The van der Waals surface area contributed by atoms with Crippen LogP contribution in [0.2, 0.25) is 5.02 Å². The van der Waals surface area contributed by atoms with E-state index < -0.39 is 23.9 Å². The van der Waals surface area contributed by atoms with Crippen molar-refractivity contribution in [2.24, 2.45) is 0 Å². The second kappa shape index (κ2) is 9.73. The lowest BCUT2D eigenvalue weighted by molar-refractivity contribution is -0.140. The summed E-state index contributed by atoms with van der Waals surface area (Å²) in [5.41, 5.74) is 2.88. The van der Waals surface area contributed by atoms with E-state index in [2.05, 4.69) is 5.32 Å². The van der Waals surface area contributed by atoms with E-state index in [-0.39, 0.29) is 19.3 Å². The van der Waals surface area contributed by atoms with Gasteiger partial charge < -0.3 is 15.5 Å². The summed E-state index contributed by atoms with van der Waals surface area (Å²) in [4.78, 5) is 33.4. The Morgan fingerprint density at radius 1 is 0.852 bits per heavy atom. The first-order valence-electron chi connectivity index (χ1n) is 8.41. The van der Waals surface area contributed by atoms with Crippen molar-refractivity contribution < 1.29 is 24.6 Å². The van der Waals surface area contributed by atoms with Gasteiger partial charge in [-0.1, -0.05) is 48.0 Å². The molecular weight excluding hydrogens is 370 g/mol. The van der Waals surface area contributed by atoms with Crippen molar-refractivity contribution in [3.63, 3.8) is 0 Å². The van der Waals surface area contributed by atoms with Crippen molar-refractivity contribution in [1.29, 1.82) is 0 Å². The second-order valence-corrected chi connectivity index (χ2v) is 6.60. The zero-order valence-electron chi connectivity index (χ0n) is 14.5. The molecule has 0 aliphatic carbocycles. The summed E-state index contributed by atoms with van der Waals surface area (Å²) >= 11 is 5.89. The number of aliphatic carboxylic acids is 2. The van der Waals surface area contributed by atoms with E-state index in [0.29, 0.717) is 11.4 Å². The Morgan fingerprint density at radius 2 is 1.41 bits per heavy atom. The first-order valence-corrected chi connectivity index (χ1v) is 8.79. The lowest BCUT2D eigenvalue weighted by Crippen LogP contribution is -2.38. The van der Waals surface area contributed by atoms with Crippen LogP contribution in [0.5, 0.6) is 0 Å². The highest BCUT2D eigenvalue weighted by molar-refractivity contribution is 6.30. The minimum Gasteiger partial charge on any atom is -0.481 e. The predicted octanol–water partition coefficient (Wildman–Crippen LogP) is 3.37. The van der Waals surface area contributed by atoms with Gasteiger partial charge in [0.2, 0.25) is 5.91 Å². The largest absolute Gasteiger partial charge is 0.481 e. The van der Waals surface area contributed by atoms with Gasteiger partial charge in [0.05, 0.1) is 12.8 Å². The normalized spacial score (nSPS) is 11.6. The highest BCUT2D eigenvalue weighted by Crippen LogP contribution is 2.22. The maximum Gasteiger partial charge on any atom is 0.305 e. The number of carbonyl (C=O) groups excluding carboxylic acids is 1. The second-order valence-electron chi connectivity index (χ2n) is 6.16. The van der Waals surface area contributed by atoms with E-state index in [9.17, 15) is 14.4 Å². The van der Waals surface area contributed by atoms with Crippen LogP contribution in [0.25, 0.3) is 11.1 Å². The number of carbonyl (C=O) groups is 3. The van der Waals surface area contributed by atoms with Crippen LogP contribution in [-0.2, 0) is 20.8 Å². The highest BCUT2D eigenvalue weighted by Gasteiger charge is 2.17. The standard InChI is InChI=1S/C20H20ClNO5/c21-16-7-5-15(6-8-16)14-3-1-13(2-4-14)11-17(12-20(26)27)22-18(23)9-10-19(24)25/h1-8,17H,9-12H2,(H,22,23)(H,24,25)(H,26,27)/t17-/m1/s1. The number of rotatable bonds is 9. The third kappa shape index (κ3) is 7.11. The molecule has 0 aliphatic rings. The van der Waals surface area contributed by atoms with E-state index in [1.165, 1.54) is 0 Å². The minimum atomic E-state index is -1.07. The summed E-state index contributed by atoms with van der Waals surface area (Å²) in [5, 5.41) is 20.9. The van der Waals surface area contributed by atoms with Crippen molar-refractivity contribution in [2.75, 3.05) is 0 Å². The van der Waals surface area contributed by atoms with E-state index in [4.69, 9.17) is 21.8 Å². The molecule has 0 saturated carbocycles.